The SMILES string of the molecule is c1ccc(-n2c3ccccc3c3ccc(-c4ccc(N(c5ccc6c(c5)oc5c7ccccc7ccc65)c5ccc6c(c5)oc5c7ccccc7ccc65)cc4)cc32)cc1. The van der Waals surface area contributed by atoms with Crippen molar-refractivity contribution in [1.82, 2.24) is 4.57 Å². The first-order valence-corrected chi connectivity index (χ1v) is 20.4. The molecule has 0 spiro atoms. The van der Waals surface area contributed by atoms with Gasteiger partial charge in [-0.15, -0.1) is 0 Å². The third kappa shape index (κ3) is 4.91. The van der Waals surface area contributed by atoms with Crippen LogP contribution in [0.4, 0.5) is 17.1 Å². The van der Waals surface area contributed by atoms with Crippen molar-refractivity contribution >= 4 is 104 Å². The summed E-state index contributed by atoms with van der Waals surface area (Å²) in [5, 5.41) is 11.5. The van der Waals surface area contributed by atoms with Gasteiger partial charge in [0.1, 0.15) is 22.3 Å². The van der Waals surface area contributed by atoms with Crippen LogP contribution in [0.25, 0.3) is 104 Å². The van der Waals surface area contributed by atoms with Crippen LogP contribution < -0.4 is 4.90 Å². The van der Waals surface area contributed by atoms with E-state index in [2.05, 4.69) is 216 Å². The lowest BCUT2D eigenvalue weighted by molar-refractivity contribution is 0.672. The molecule has 0 bridgehead atoms. The van der Waals surface area contributed by atoms with Crippen LogP contribution in [0.3, 0.4) is 0 Å². The lowest BCUT2D eigenvalue weighted by atomic mass is 10.0. The molecule has 4 nitrogen and oxygen atoms in total. The molecule has 60 heavy (non-hydrogen) atoms. The Morgan fingerprint density at radius 2 is 0.800 bits per heavy atom. The molecule has 3 heterocycles. The molecule has 0 unspecified atom stereocenters. The molecule has 0 saturated carbocycles. The number of furan rings is 2. The van der Waals surface area contributed by atoms with Crippen LogP contribution in [0.15, 0.2) is 215 Å². The Labute approximate surface area is 344 Å². The number of nitrogens with zero attached hydrogens (tertiary/aromatic N) is 2. The van der Waals surface area contributed by atoms with Crippen molar-refractivity contribution in [3.63, 3.8) is 0 Å². The fourth-order valence-electron chi connectivity index (χ4n) is 9.52. The van der Waals surface area contributed by atoms with Gasteiger partial charge < -0.3 is 18.3 Å². The van der Waals surface area contributed by atoms with Crippen LogP contribution in [-0.2, 0) is 0 Å². The maximum atomic E-state index is 6.71. The van der Waals surface area contributed by atoms with Crippen molar-refractivity contribution in [2.75, 3.05) is 4.90 Å². The zero-order valence-electron chi connectivity index (χ0n) is 32.3. The second-order valence-corrected chi connectivity index (χ2v) is 15.7. The topological polar surface area (TPSA) is 34.5 Å². The van der Waals surface area contributed by atoms with Gasteiger partial charge in [0.05, 0.1) is 11.0 Å². The fourth-order valence-corrected chi connectivity index (χ4v) is 9.52. The molecule has 4 heteroatoms. The van der Waals surface area contributed by atoms with Crippen molar-refractivity contribution in [2.24, 2.45) is 0 Å². The van der Waals surface area contributed by atoms with Gasteiger partial charge in [0.25, 0.3) is 0 Å². The molecule has 10 aromatic carbocycles. The zero-order chi connectivity index (χ0) is 39.3. The second kappa shape index (κ2) is 12.7. The predicted octanol–water partition coefficient (Wildman–Crippen LogP) is 16.0. The molecule has 3 aromatic heterocycles. The number of anilines is 3. The molecular formula is C56H34N2O2. The number of benzene rings is 10. The van der Waals surface area contributed by atoms with Gasteiger partial charge >= 0.3 is 0 Å². The fraction of sp³-hybridized carbons (Fsp3) is 0. The van der Waals surface area contributed by atoms with E-state index in [0.29, 0.717) is 0 Å². The number of hydrogen-bond acceptors (Lipinski definition) is 3. The summed E-state index contributed by atoms with van der Waals surface area (Å²) in [5.74, 6) is 0. The smallest absolute Gasteiger partial charge is 0.143 e. The number of para-hydroxylation sites is 2. The second-order valence-electron chi connectivity index (χ2n) is 15.7. The monoisotopic (exact) mass is 766 g/mol. The van der Waals surface area contributed by atoms with Gasteiger partial charge in [-0.3, -0.25) is 0 Å². The van der Waals surface area contributed by atoms with Crippen LogP contribution in [-0.4, -0.2) is 4.57 Å². The van der Waals surface area contributed by atoms with Gasteiger partial charge in [-0.25, -0.2) is 0 Å². The average molecular weight is 767 g/mol. The molecule has 13 rings (SSSR count). The van der Waals surface area contributed by atoms with Crippen molar-refractivity contribution in [3.8, 4) is 16.8 Å². The van der Waals surface area contributed by atoms with Gasteiger partial charge in [-0.1, -0.05) is 121 Å². The van der Waals surface area contributed by atoms with Gasteiger partial charge in [-0.2, -0.15) is 0 Å². The molecule has 13 aromatic rings. The summed E-state index contributed by atoms with van der Waals surface area (Å²) < 4.78 is 15.8. The molecule has 0 N–H and O–H groups in total. The molecule has 0 saturated heterocycles. The Morgan fingerprint density at radius 1 is 0.317 bits per heavy atom. The summed E-state index contributed by atoms with van der Waals surface area (Å²) in [4.78, 5) is 2.30. The highest BCUT2D eigenvalue weighted by Gasteiger charge is 2.20. The standard InChI is InChI=1S/C56H34N2O2/c1-2-12-39(13-3-1)58-51-17-9-8-16-45(51)46-27-22-38(32-52(46)58)35-18-23-40(24-19-35)57(41-25-30-47-49-28-20-36-10-4-6-14-43(36)55(49)59-53(47)33-41)42-26-31-48-50-29-21-37-11-5-7-15-44(37)56(50)60-54(48)34-42/h1-34H. The minimum Gasteiger partial charge on any atom is -0.455 e. The Balaban J connectivity index is 0.970. The lowest BCUT2D eigenvalue weighted by Crippen LogP contribution is -2.09. The quantitative estimate of drug-likeness (QED) is 0.175. The molecule has 0 radical (unpaired) electrons. The first-order valence-electron chi connectivity index (χ1n) is 20.4. The largest absolute Gasteiger partial charge is 0.455 e. The van der Waals surface area contributed by atoms with Crippen LogP contribution >= 0.6 is 0 Å². The van der Waals surface area contributed by atoms with Crippen LogP contribution in [0, 0.1) is 0 Å². The molecule has 280 valence electrons. The lowest BCUT2D eigenvalue weighted by Gasteiger charge is -2.25. The summed E-state index contributed by atoms with van der Waals surface area (Å²) in [6.07, 6.45) is 0. The highest BCUT2D eigenvalue weighted by Crippen LogP contribution is 2.43. The summed E-state index contributed by atoms with van der Waals surface area (Å²) in [5.41, 5.74) is 12.4. The first-order chi connectivity index (χ1) is 29.7. The molecule has 0 aliphatic heterocycles. The van der Waals surface area contributed by atoms with E-state index in [1.807, 2.05) is 0 Å². The summed E-state index contributed by atoms with van der Waals surface area (Å²) in [6.45, 7) is 0. The molecule has 0 atom stereocenters. The van der Waals surface area contributed by atoms with Gasteiger partial charge in [0.2, 0.25) is 0 Å². The molecule has 0 fully saturated rings. The third-order valence-electron chi connectivity index (χ3n) is 12.4. The Bertz CT molecular complexity index is 3680. The van der Waals surface area contributed by atoms with Crippen molar-refractivity contribution in [1.29, 1.82) is 0 Å². The number of hydrogen-bond donors (Lipinski definition) is 0. The van der Waals surface area contributed by atoms with E-state index in [1.54, 1.807) is 0 Å². The zero-order valence-corrected chi connectivity index (χ0v) is 32.3. The summed E-state index contributed by atoms with van der Waals surface area (Å²) in [6, 6.07) is 73.7. The highest BCUT2D eigenvalue weighted by atomic mass is 16.3. The Kier molecular flexibility index (Phi) is 6.98. The number of rotatable bonds is 5. The number of fused-ring (bicyclic) bond motifs is 13. The van der Waals surface area contributed by atoms with E-state index in [9.17, 15) is 0 Å². The van der Waals surface area contributed by atoms with E-state index < -0.39 is 0 Å². The van der Waals surface area contributed by atoms with E-state index in [1.165, 1.54) is 32.6 Å². The van der Waals surface area contributed by atoms with Crippen molar-refractivity contribution in [3.05, 3.63) is 206 Å². The van der Waals surface area contributed by atoms with Gasteiger partial charge in [0, 0.05) is 78.0 Å². The first kappa shape index (κ1) is 32.9. The van der Waals surface area contributed by atoms with E-state index in [0.717, 1.165) is 88.5 Å². The van der Waals surface area contributed by atoms with Gasteiger partial charge in [-0.05, 0) is 94.7 Å². The predicted molar refractivity (Wildman–Crippen MR) is 250 cm³/mol. The van der Waals surface area contributed by atoms with Crippen LogP contribution in [0.2, 0.25) is 0 Å². The van der Waals surface area contributed by atoms with Crippen molar-refractivity contribution in [2.45, 2.75) is 0 Å². The van der Waals surface area contributed by atoms with E-state index in [4.69, 9.17) is 8.83 Å². The van der Waals surface area contributed by atoms with Crippen LogP contribution in [0.1, 0.15) is 0 Å². The summed E-state index contributed by atoms with van der Waals surface area (Å²) >= 11 is 0. The molecule has 0 amide bonds. The third-order valence-corrected chi connectivity index (χ3v) is 12.4. The minimum atomic E-state index is 0.846. The average Bonchev–Trinajstić information content (AvgIpc) is 3.99. The van der Waals surface area contributed by atoms with Gasteiger partial charge in [0.15, 0.2) is 0 Å². The minimum absolute atomic E-state index is 0.846. The molecule has 0 aliphatic carbocycles. The van der Waals surface area contributed by atoms with Crippen LogP contribution in [0.5, 0.6) is 0 Å². The highest BCUT2D eigenvalue weighted by molar-refractivity contribution is 6.17. The summed E-state index contributed by atoms with van der Waals surface area (Å²) in [7, 11) is 0. The Hall–Kier alpha value is -8.08. The van der Waals surface area contributed by atoms with E-state index >= 15 is 0 Å². The molecular weight excluding hydrogens is 733 g/mol. The Morgan fingerprint density at radius 3 is 1.43 bits per heavy atom. The maximum Gasteiger partial charge on any atom is 0.143 e. The number of aromatic nitrogens is 1. The van der Waals surface area contributed by atoms with E-state index in [-0.39, 0.29) is 0 Å². The van der Waals surface area contributed by atoms with Crippen molar-refractivity contribution < 1.29 is 8.83 Å². The molecule has 0 aliphatic rings. The normalized spacial score (nSPS) is 12.0. The maximum absolute atomic E-state index is 6.71.